The fourth-order valence-corrected chi connectivity index (χ4v) is 2.30. The van der Waals surface area contributed by atoms with E-state index < -0.39 is 0 Å². The molecule has 1 heteroatoms. The van der Waals surface area contributed by atoms with Crippen LogP contribution >= 0.6 is 0 Å². The fraction of sp³-hybridized carbons (Fsp3) is 0.333. The summed E-state index contributed by atoms with van der Waals surface area (Å²) in [5.41, 5.74) is 6.59. The van der Waals surface area contributed by atoms with Gasteiger partial charge in [0, 0.05) is 12.2 Å². The van der Waals surface area contributed by atoms with Crippen LogP contribution < -0.4 is 5.32 Å². The van der Waals surface area contributed by atoms with Gasteiger partial charge in [0.15, 0.2) is 0 Å². The lowest BCUT2D eigenvalue weighted by Crippen LogP contribution is -2.03. The largest absolute Gasteiger partial charge is 0.381 e. The highest BCUT2D eigenvalue weighted by Crippen LogP contribution is 2.21. The van der Waals surface area contributed by atoms with E-state index in [1.165, 1.54) is 27.9 Å². The van der Waals surface area contributed by atoms with Gasteiger partial charge in [-0.15, -0.1) is 0 Å². The zero-order valence-electron chi connectivity index (χ0n) is 12.3. The standard InChI is InChI=1S/C18H23N/c1-13(2)17-10-8-16(9-11-17)12-19-18-14(3)6-5-7-15(18)4/h5-11,13,19H,12H2,1-4H3. The molecule has 0 atom stereocenters. The van der Waals surface area contributed by atoms with Gasteiger partial charge in [0.1, 0.15) is 0 Å². The molecule has 2 rings (SSSR count). The summed E-state index contributed by atoms with van der Waals surface area (Å²) in [5, 5.41) is 3.55. The maximum atomic E-state index is 3.55. The van der Waals surface area contributed by atoms with Crippen molar-refractivity contribution >= 4 is 5.69 Å². The van der Waals surface area contributed by atoms with Gasteiger partial charge in [0.2, 0.25) is 0 Å². The van der Waals surface area contributed by atoms with Crippen molar-refractivity contribution in [2.75, 3.05) is 5.32 Å². The van der Waals surface area contributed by atoms with Gasteiger partial charge in [-0.05, 0) is 42.0 Å². The predicted octanol–water partition coefficient (Wildman–Crippen LogP) is 5.04. The van der Waals surface area contributed by atoms with E-state index in [2.05, 4.69) is 75.5 Å². The Hall–Kier alpha value is -1.76. The molecule has 19 heavy (non-hydrogen) atoms. The van der Waals surface area contributed by atoms with E-state index in [4.69, 9.17) is 0 Å². The molecule has 2 aromatic carbocycles. The molecular formula is C18H23N. The summed E-state index contributed by atoms with van der Waals surface area (Å²) in [4.78, 5) is 0. The molecule has 0 heterocycles. The number of aryl methyl sites for hydroxylation is 2. The summed E-state index contributed by atoms with van der Waals surface area (Å²) in [5.74, 6) is 0.598. The van der Waals surface area contributed by atoms with Gasteiger partial charge < -0.3 is 5.32 Å². The molecule has 0 saturated carbocycles. The number of hydrogen-bond acceptors (Lipinski definition) is 1. The first-order chi connectivity index (χ1) is 9.08. The Balaban J connectivity index is 2.06. The summed E-state index contributed by atoms with van der Waals surface area (Å²) in [6.45, 7) is 9.63. The van der Waals surface area contributed by atoms with Gasteiger partial charge in [-0.25, -0.2) is 0 Å². The Kier molecular flexibility index (Phi) is 4.26. The summed E-state index contributed by atoms with van der Waals surface area (Å²) in [6, 6.07) is 15.3. The SMILES string of the molecule is Cc1cccc(C)c1NCc1ccc(C(C)C)cc1. The third-order valence-electron chi connectivity index (χ3n) is 3.60. The second kappa shape index (κ2) is 5.92. The molecule has 100 valence electrons. The van der Waals surface area contributed by atoms with Gasteiger partial charge in [0.05, 0.1) is 0 Å². The molecule has 0 aliphatic carbocycles. The van der Waals surface area contributed by atoms with Crippen LogP contribution in [0.15, 0.2) is 42.5 Å². The van der Waals surface area contributed by atoms with Gasteiger partial charge in [0.25, 0.3) is 0 Å². The smallest absolute Gasteiger partial charge is 0.0402 e. The first kappa shape index (κ1) is 13.7. The molecular weight excluding hydrogens is 230 g/mol. The third-order valence-corrected chi connectivity index (χ3v) is 3.60. The van der Waals surface area contributed by atoms with Crippen LogP contribution in [0.4, 0.5) is 5.69 Å². The van der Waals surface area contributed by atoms with Crippen LogP contribution in [0.5, 0.6) is 0 Å². The lowest BCUT2D eigenvalue weighted by Gasteiger charge is -2.13. The van der Waals surface area contributed by atoms with Gasteiger partial charge in [-0.3, -0.25) is 0 Å². The van der Waals surface area contributed by atoms with E-state index in [0.29, 0.717) is 5.92 Å². The van der Waals surface area contributed by atoms with Crippen LogP contribution in [-0.4, -0.2) is 0 Å². The highest BCUT2D eigenvalue weighted by Gasteiger charge is 2.02. The Labute approximate surface area is 116 Å². The highest BCUT2D eigenvalue weighted by atomic mass is 14.9. The van der Waals surface area contributed by atoms with Crippen molar-refractivity contribution in [3.05, 3.63) is 64.7 Å². The second-order valence-corrected chi connectivity index (χ2v) is 5.52. The Morgan fingerprint density at radius 1 is 0.895 bits per heavy atom. The topological polar surface area (TPSA) is 12.0 Å². The van der Waals surface area contributed by atoms with Crippen molar-refractivity contribution in [1.82, 2.24) is 0 Å². The molecule has 0 aliphatic heterocycles. The molecule has 1 nitrogen and oxygen atoms in total. The van der Waals surface area contributed by atoms with Gasteiger partial charge in [-0.2, -0.15) is 0 Å². The van der Waals surface area contributed by atoms with Crippen molar-refractivity contribution in [2.45, 2.75) is 40.2 Å². The average Bonchev–Trinajstić information content (AvgIpc) is 2.38. The molecule has 0 aliphatic rings. The number of para-hydroxylation sites is 1. The summed E-state index contributed by atoms with van der Waals surface area (Å²) in [6.07, 6.45) is 0. The van der Waals surface area contributed by atoms with Crippen molar-refractivity contribution in [1.29, 1.82) is 0 Å². The minimum atomic E-state index is 0.598. The van der Waals surface area contributed by atoms with Crippen LogP contribution in [0.3, 0.4) is 0 Å². The summed E-state index contributed by atoms with van der Waals surface area (Å²) < 4.78 is 0. The molecule has 2 aromatic rings. The monoisotopic (exact) mass is 253 g/mol. The maximum absolute atomic E-state index is 3.55. The molecule has 0 amide bonds. The molecule has 0 fully saturated rings. The molecule has 0 saturated heterocycles. The van der Waals surface area contributed by atoms with Gasteiger partial charge in [-0.1, -0.05) is 56.3 Å². The lowest BCUT2D eigenvalue weighted by molar-refractivity contribution is 0.865. The average molecular weight is 253 g/mol. The molecule has 0 aromatic heterocycles. The normalized spacial score (nSPS) is 10.8. The third kappa shape index (κ3) is 3.37. The molecule has 0 radical (unpaired) electrons. The Morgan fingerprint density at radius 2 is 1.47 bits per heavy atom. The number of nitrogens with one attached hydrogen (secondary N) is 1. The molecule has 0 bridgehead atoms. The number of benzene rings is 2. The zero-order valence-corrected chi connectivity index (χ0v) is 12.3. The van der Waals surface area contributed by atoms with Crippen molar-refractivity contribution in [3.8, 4) is 0 Å². The van der Waals surface area contributed by atoms with Crippen molar-refractivity contribution in [2.24, 2.45) is 0 Å². The highest BCUT2D eigenvalue weighted by molar-refractivity contribution is 5.56. The van der Waals surface area contributed by atoms with Crippen LogP contribution in [0.25, 0.3) is 0 Å². The van der Waals surface area contributed by atoms with E-state index in [-0.39, 0.29) is 0 Å². The van der Waals surface area contributed by atoms with Crippen molar-refractivity contribution < 1.29 is 0 Å². The Morgan fingerprint density at radius 3 is 2.00 bits per heavy atom. The van der Waals surface area contributed by atoms with E-state index in [1.54, 1.807) is 0 Å². The Bertz CT molecular complexity index is 518. The van der Waals surface area contributed by atoms with Crippen LogP contribution in [-0.2, 0) is 6.54 Å². The molecule has 1 N–H and O–H groups in total. The minimum absolute atomic E-state index is 0.598. The van der Waals surface area contributed by atoms with E-state index in [1.807, 2.05) is 0 Å². The zero-order chi connectivity index (χ0) is 13.8. The lowest BCUT2D eigenvalue weighted by atomic mass is 10.0. The predicted molar refractivity (Wildman–Crippen MR) is 83.8 cm³/mol. The quantitative estimate of drug-likeness (QED) is 0.805. The number of anilines is 1. The first-order valence-corrected chi connectivity index (χ1v) is 6.97. The maximum Gasteiger partial charge on any atom is 0.0402 e. The second-order valence-electron chi connectivity index (χ2n) is 5.52. The first-order valence-electron chi connectivity index (χ1n) is 6.97. The fourth-order valence-electron chi connectivity index (χ4n) is 2.30. The summed E-state index contributed by atoms with van der Waals surface area (Å²) in [7, 11) is 0. The van der Waals surface area contributed by atoms with E-state index >= 15 is 0 Å². The van der Waals surface area contributed by atoms with E-state index in [9.17, 15) is 0 Å². The van der Waals surface area contributed by atoms with Crippen LogP contribution in [0.2, 0.25) is 0 Å². The molecule has 0 spiro atoms. The minimum Gasteiger partial charge on any atom is -0.381 e. The molecule has 0 unspecified atom stereocenters. The number of rotatable bonds is 4. The number of hydrogen-bond donors (Lipinski definition) is 1. The van der Waals surface area contributed by atoms with Crippen molar-refractivity contribution in [3.63, 3.8) is 0 Å². The summed E-state index contributed by atoms with van der Waals surface area (Å²) >= 11 is 0. The van der Waals surface area contributed by atoms with Crippen LogP contribution in [0, 0.1) is 13.8 Å². The van der Waals surface area contributed by atoms with Gasteiger partial charge >= 0.3 is 0 Å². The van der Waals surface area contributed by atoms with Crippen LogP contribution in [0.1, 0.15) is 42.0 Å². The van der Waals surface area contributed by atoms with E-state index in [0.717, 1.165) is 6.54 Å².